The number of aromatic nitrogens is 2. The lowest BCUT2D eigenvalue weighted by atomic mass is 9.85. The molecule has 5 nitrogen and oxygen atoms in total. The Morgan fingerprint density at radius 3 is 2.90 bits per heavy atom. The van der Waals surface area contributed by atoms with Crippen molar-refractivity contribution in [2.75, 3.05) is 13.1 Å². The number of hydrogen-bond acceptors (Lipinski definition) is 3. The van der Waals surface area contributed by atoms with E-state index in [1.54, 1.807) is 0 Å². The highest BCUT2D eigenvalue weighted by Crippen LogP contribution is 2.56. The van der Waals surface area contributed by atoms with Crippen LogP contribution in [0.15, 0.2) is 67.0 Å². The number of nitrogens with zero attached hydrogens (tertiary/aromatic N) is 4. The van der Waals surface area contributed by atoms with Crippen molar-refractivity contribution in [3.05, 3.63) is 83.3 Å². The van der Waals surface area contributed by atoms with Gasteiger partial charge in [-0.2, -0.15) is 0 Å². The van der Waals surface area contributed by atoms with E-state index in [2.05, 4.69) is 43.7 Å². The fourth-order valence-electron chi connectivity index (χ4n) is 6.22. The predicted molar refractivity (Wildman–Crippen MR) is 120 cm³/mol. The predicted octanol–water partition coefficient (Wildman–Crippen LogP) is 4.46. The van der Waals surface area contributed by atoms with Crippen LogP contribution in [0.2, 0.25) is 5.02 Å². The summed E-state index contributed by atoms with van der Waals surface area (Å²) in [6, 6.07) is 18.4. The Hall–Kier alpha value is -2.63. The summed E-state index contributed by atoms with van der Waals surface area (Å²) in [4.78, 5) is 22.9. The van der Waals surface area contributed by atoms with Crippen molar-refractivity contribution in [2.45, 2.75) is 37.4 Å². The van der Waals surface area contributed by atoms with Crippen molar-refractivity contribution in [2.24, 2.45) is 5.92 Å². The van der Waals surface area contributed by atoms with Crippen LogP contribution in [0.25, 0.3) is 5.82 Å². The second kappa shape index (κ2) is 7.21. The third kappa shape index (κ3) is 2.87. The number of rotatable bonds is 4. The summed E-state index contributed by atoms with van der Waals surface area (Å²) < 4.78 is 2.19. The summed E-state index contributed by atoms with van der Waals surface area (Å²) in [5.41, 5.74) is 1.99. The second-order valence-electron chi connectivity index (χ2n) is 8.98. The van der Waals surface area contributed by atoms with Crippen molar-refractivity contribution < 1.29 is 4.79 Å². The molecular weight excluding hydrogens is 408 g/mol. The number of carbonyl (C=O) groups is 1. The maximum absolute atomic E-state index is 13.8. The summed E-state index contributed by atoms with van der Waals surface area (Å²) in [7, 11) is 0. The van der Waals surface area contributed by atoms with Gasteiger partial charge in [0.1, 0.15) is 11.4 Å². The van der Waals surface area contributed by atoms with Gasteiger partial charge in [0.05, 0.1) is 6.04 Å². The zero-order chi connectivity index (χ0) is 21.0. The van der Waals surface area contributed by atoms with E-state index in [1.807, 2.05) is 42.6 Å². The van der Waals surface area contributed by atoms with Gasteiger partial charge in [-0.15, -0.1) is 0 Å². The van der Waals surface area contributed by atoms with Gasteiger partial charge in [-0.1, -0.05) is 29.8 Å². The van der Waals surface area contributed by atoms with Crippen LogP contribution in [0.1, 0.15) is 36.6 Å². The van der Waals surface area contributed by atoms with Crippen molar-refractivity contribution in [1.29, 1.82) is 0 Å². The quantitative estimate of drug-likeness (QED) is 0.611. The SMILES string of the molecule is O=C1N(Cc2cccc(Cl)c2)C[C@@H]2C[C@@H](c3cccn3-c3ccccn3)N3CCC[C@@]123. The first-order valence-corrected chi connectivity index (χ1v) is 11.4. The largest absolute Gasteiger partial charge is 0.336 e. The van der Waals surface area contributed by atoms with Gasteiger partial charge in [0.15, 0.2) is 0 Å². The van der Waals surface area contributed by atoms with Crippen LogP contribution >= 0.6 is 11.6 Å². The van der Waals surface area contributed by atoms with Gasteiger partial charge in [-0.3, -0.25) is 9.69 Å². The van der Waals surface area contributed by atoms with E-state index in [4.69, 9.17) is 11.6 Å². The summed E-state index contributed by atoms with van der Waals surface area (Å²) >= 11 is 6.17. The third-order valence-corrected chi connectivity index (χ3v) is 7.64. The minimum Gasteiger partial charge on any atom is -0.336 e. The van der Waals surface area contributed by atoms with E-state index in [-0.39, 0.29) is 11.6 Å². The third-order valence-electron chi connectivity index (χ3n) is 7.41. The Morgan fingerprint density at radius 2 is 2.06 bits per heavy atom. The smallest absolute Gasteiger partial charge is 0.243 e. The fourth-order valence-corrected chi connectivity index (χ4v) is 6.43. The van der Waals surface area contributed by atoms with Gasteiger partial charge >= 0.3 is 0 Å². The number of halogens is 1. The summed E-state index contributed by atoms with van der Waals surface area (Å²) in [5, 5.41) is 0.723. The Kier molecular flexibility index (Phi) is 4.44. The topological polar surface area (TPSA) is 41.4 Å². The number of amides is 1. The van der Waals surface area contributed by atoms with Crippen molar-refractivity contribution in [1.82, 2.24) is 19.4 Å². The van der Waals surface area contributed by atoms with Gasteiger partial charge in [-0.05, 0) is 67.8 Å². The van der Waals surface area contributed by atoms with Gasteiger partial charge in [0.2, 0.25) is 5.91 Å². The average Bonchev–Trinajstić information content (AvgIpc) is 3.52. The van der Waals surface area contributed by atoms with Crippen LogP contribution in [0, 0.1) is 5.92 Å². The molecule has 1 spiro atoms. The molecular formula is C25H25ClN4O. The minimum atomic E-state index is -0.345. The molecule has 1 aromatic carbocycles. The molecule has 0 radical (unpaired) electrons. The molecule has 3 aliphatic heterocycles. The average molecular weight is 433 g/mol. The lowest BCUT2D eigenvalue weighted by Crippen LogP contribution is -2.49. The molecule has 1 amide bonds. The monoisotopic (exact) mass is 432 g/mol. The summed E-state index contributed by atoms with van der Waals surface area (Å²) in [5.74, 6) is 1.59. The number of hydrogen-bond donors (Lipinski definition) is 0. The van der Waals surface area contributed by atoms with Gasteiger partial charge in [0.25, 0.3) is 0 Å². The maximum Gasteiger partial charge on any atom is 0.243 e. The first-order valence-electron chi connectivity index (χ1n) is 11.1. The van der Waals surface area contributed by atoms with Gasteiger partial charge in [-0.25, -0.2) is 4.98 Å². The lowest BCUT2D eigenvalue weighted by Gasteiger charge is -2.34. The zero-order valence-electron chi connectivity index (χ0n) is 17.3. The lowest BCUT2D eigenvalue weighted by molar-refractivity contribution is -0.137. The molecule has 5 heterocycles. The number of likely N-dealkylation sites (tertiary alicyclic amines) is 1. The van der Waals surface area contributed by atoms with Crippen molar-refractivity contribution in [3.63, 3.8) is 0 Å². The fraction of sp³-hybridized carbons (Fsp3) is 0.360. The van der Waals surface area contributed by atoms with Crippen molar-refractivity contribution in [3.8, 4) is 5.82 Å². The van der Waals surface area contributed by atoms with E-state index in [0.29, 0.717) is 18.4 Å². The Labute approximate surface area is 187 Å². The van der Waals surface area contributed by atoms with Crippen molar-refractivity contribution >= 4 is 17.5 Å². The minimum absolute atomic E-state index is 0.252. The summed E-state index contributed by atoms with van der Waals surface area (Å²) in [6.07, 6.45) is 6.96. The Balaban J connectivity index is 1.31. The van der Waals surface area contributed by atoms with Gasteiger partial charge in [0, 0.05) is 42.1 Å². The molecule has 3 aromatic rings. The molecule has 0 aliphatic carbocycles. The van der Waals surface area contributed by atoms with E-state index in [0.717, 1.165) is 48.8 Å². The molecule has 3 saturated heterocycles. The second-order valence-corrected chi connectivity index (χ2v) is 9.41. The molecule has 0 unspecified atom stereocenters. The van der Waals surface area contributed by atoms with Crippen LogP contribution in [0.5, 0.6) is 0 Å². The normalized spacial score (nSPS) is 27.6. The first kappa shape index (κ1) is 19.1. The van der Waals surface area contributed by atoms with Crippen LogP contribution in [-0.4, -0.2) is 43.9 Å². The molecule has 2 aromatic heterocycles. The highest BCUT2D eigenvalue weighted by atomic mass is 35.5. The summed E-state index contributed by atoms with van der Waals surface area (Å²) in [6.45, 7) is 2.44. The molecule has 3 fully saturated rings. The maximum atomic E-state index is 13.8. The molecule has 6 rings (SSSR count). The Morgan fingerprint density at radius 1 is 1.13 bits per heavy atom. The van der Waals surface area contributed by atoms with Crippen LogP contribution in [0.4, 0.5) is 0 Å². The van der Waals surface area contributed by atoms with Crippen LogP contribution < -0.4 is 0 Å². The number of carbonyl (C=O) groups excluding carboxylic acids is 1. The van der Waals surface area contributed by atoms with E-state index in [9.17, 15) is 4.79 Å². The molecule has 3 atom stereocenters. The number of benzene rings is 1. The molecule has 158 valence electrons. The van der Waals surface area contributed by atoms with E-state index >= 15 is 0 Å². The first-order chi connectivity index (χ1) is 15.2. The molecule has 6 heteroatoms. The molecule has 0 N–H and O–H groups in total. The number of pyridine rings is 1. The molecule has 31 heavy (non-hydrogen) atoms. The van der Waals surface area contributed by atoms with Gasteiger partial charge < -0.3 is 9.47 Å². The highest BCUT2D eigenvalue weighted by molar-refractivity contribution is 6.30. The molecule has 0 bridgehead atoms. The highest BCUT2D eigenvalue weighted by Gasteiger charge is 2.65. The van der Waals surface area contributed by atoms with E-state index < -0.39 is 0 Å². The van der Waals surface area contributed by atoms with E-state index in [1.165, 1.54) is 5.69 Å². The molecule has 3 aliphatic rings. The van der Waals surface area contributed by atoms with Crippen LogP contribution in [-0.2, 0) is 11.3 Å². The molecule has 0 saturated carbocycles. The Bertz CT molecular complexity index is 1130. The standard InChI is InChI=1S/C25H25ClN4O/c26-20-7-3-6-18(14-20)16-28-17-19-15-22(30-13-5-10-25(19,30)24(28)31)21-8-4-12-29(21)23-9-1-2-11-27-23/h1-4,6-9,11-12,14,19,22H,5,10,13,15-17H2/t19-,22-,25-/m0/s1. The zero-order valence-corrected chi connectivity index (χ0v) is 18.1. The van der Waals surface area contributed by atoms with Crippen LogP contribution in [0.3, 0.4) is 0 Å².